The van der Waals surface area contributed by atoms with E-state index in [0.717, 1.165) is 21.5 Å². The number of thiophene rings is 1. The van der Waals surface area contributed by atoms with Gasteiger partial charge in [-0.1, -0.05) is 0 Å². The number of rotatable bonds is 2. The van der Waals surface area contributed by atoms with Crippen LogP contribution in [0.4, 0.5) is 0 Å². The molecule has 0 bridgehead atoms. The van der Waals surface area contributed by atoms with E-state index in [1.165, 1.54) is 11.3 Å². The molecule has 1 aliphatic rings. The fourth-order valence-corrected chi connectivity index (χ4v) is 2.93. The molecule has 0 atom stereocenters. The van der Waals surface area contributed by atoms with E-state index in [1.807, 2.05) is 12.1 Å². The van der Waals surface area contributed by atoms with Gasteiger partial charge in [0.05, 0.1) is 8.66 Å². The molecule has 0 spiro atoms. The minimum Gasteiger partial charge on any atom is -0.328 e. The molecule has 2 nitrogen and oxygen atoms in total. The zero-order valence-corrected chi connectivity index (χ0v) is 9.40. The molecule has 0 aromatic carbocycles. The second kappa shape index (κ2) is 3.52. The van der Waals surface area contributed by atoms with E-state index in [4.69, 9.17) is 5.73 Å². The molecule has 1 saturated carbocycles. The molecule has 1 fully saturated rings. The molecule has 70 valence electrons. The lowest BCUT2D eigenvalue weighted by Crippen LogP contribution is -2.40. The van der Waals surface area contributed by atoms with Gasteiger partial charge < -0.3 is 5.73 Å². The number of Topliss-reactive ketones (excluding diaryl/α,β-unsaturated/α-hetero) is 1. The molecule has 2 N–H and O–H groups in total. The highest BCUT2D eigenvalue weighted by molar-refractivity contribution is 9.11. The van der Waals surface area contributed by atoms with Crippen molar-refractivity contribution < 1.29 is 4.79 Å². The monoisotopic (exact) mass is 259 g/mol. The first-order valence-corrected chi connectivity index (χ1v) is 5.83. The number of hydrogen-bond donors (Lipinski definition) is 1. The average Bonchev–Trinajstić information content (AvgIpc) is 2.45. The Hall–Kier alpha value is -0.190. The topological polar surface area (TPSA) is 43.1 Å². The van der Waals surface area contributed by atoms with Crippen molar-refractivity contribution in [1.29, 1.82) is 0 Å². The van der Waals surface area contributed by atoms with Gasteiger partial charge in [-0.05, 0) is 40.9 Å². The number of carbonyl (C=O) groups is 1. The van der Waals surface area contributed by atoms with Crippen LogP contribution in [0.1, 0.15) is 22.5 Å². The van der Waals surface area contributed by atoms with E-state index in [9.17, 15) is 4.79 Å². The van der Waals surface area contributed by atoms with Crippen molar-refractivity contribution in [2.75, 3.05) is 0 Å². The molecule has 2 rings (SSSR count). The van der Waals surface area contributed by atoms with Crippen LogP contribution in [-0.4, -0.2) is 11.8 Å². The fraction of sp³-hybridized carbons (Fsp3) is 0.444. The summed E-state index contributed by atoms with van der Waals surface area (Å²) in [6, 6.07) is 4.04. The van der Waals surface area contributed by atoms with Crippen molar-refractivity contribution in [3.05, 3.63) is 20.8 Å². The van der Waals surface area contributed by atoms with E-state index >= 15 is 0 Å². The van der Waals surface area contributed by atoms with Gasteiger partial charge in [-0.2, -0.15) is 0 Å². The lowest BCUT2D eigenvalue weighted by Gasteiger charge is -2.30. The molecule has 13 heavy (non-hydrogen) atoms. The number of nitrogens with two attached hydrogens (primary N) is 1. The molecule has 0 amide bonds. The largest absolute Gasteiger partial charge is 0.328 e. The fourth-order valence-electron chi connectivity index (χ4n) is 1.52. The van der Waals surface area contributed by atoms with Crippen molar-refractivity contribution >= 4 is 33.0 Å². The highest BCUT2D eigenvalue weighted by Gasteiger charge is 2.32. The Bertz CT molecular complexity index is 330. The second-order valence-electron chi connectivity index (χ2n) is 3.40. The number of ketones is 1. The van der Waals surface area contributed by atoms with Crippen LogP contribution in [0.5, 0.6) is 0 Å². The smallest absolute Gasteiger partial charge is 0.176 e. The molecule has 1 aromatic heterocycles. The lowest BCUT2D eigenvalue weighted by molar-refractivity contribution is 0.0837. The maximum absolute atomic E-state index is 11.7. The quantitative estimate of drug-likeness (QED) is 0.830. The number of halogens is 1. The van der Waals surface area contributed by atoms with Gasteiger partial charge in [0, 0.05) is 12.0 Å². The predicted molar refractivity (Wildman–Crippen MR) is 57.0 cm³/mol. The Kier molecular flexibility index (Phi) is 2.53. The van der Waals surface area contributed by atoms with Gasteiger partial charge in [-0.25, -0.2) is 0 Å². The highest BCUT2D eigenvalue weighted by atomic mass is 79.9. The maximum Gasteiger partial charge on any atom is 0.176 e. The first-order valence-electron chi connectivity index (χ1n) is 4.22. The Balaban J connectivity index is 2.06. The maximum atomic E-state index is 11.7. The van der Waals surface area contributed by atoms with Crippen molar-refractivity contribution in [3.63, 3.8) is 0 Å². The molecule has 4 heteroatoms. The summed E-state index contributed by atoms with van der Waals surface area (Å²) in [5.74, 6) is 0.443. The summed E-state index contributed by atoms with van der Waals surface area (Å²) in [5.41, 5.74) is 5.63. The van der Waals surface area contributed by atoms with Gasteiger partial charge in [0.15, 0.2) is 5.78 Å². The Labute approximate surface area is 89.3 Å². The van der Waals surface area contributed by atoms with E-state index in [-0.39, 0.29) is 17.7 Å². The van der Waals surface area contributed by atoms with Gasteiger partial charge >= 0.3 is 0 Å². The SMILES string of the molecule is NC1CC(C(=O)c2ccc(Br)s2)C1. The average molecular weight is 260 g/mol. The van der Waals surface area contributed by atoms with Gasteiger partial charge in [0.1, 0.15) is 0 Å². The van der Waals surface area contributed by atoms with Crippen molar-refractivity contribution in [3.8, 4) is 0 Å². The predicted octanol–water partition coefficient (Wildman–Crippen LogP) is 2.43. The van der Waals surface area contributed by atoms with Gasteiger partial charge in [-0.15, -0.1) is 11.3 Å². The molecular weight excluding hydrogens is 250 g/mol. The molecular formula is C9H10BrNOS. The first-order chi connectivity index (χ1) is 6.16. The number of carbonyl (C=O) groups excluding carboxylic acids is 1. The third kappa shape index (κ3) is 1.85. The Morgan fingerprint density at radius 1 is 1.54 bits per heavy atom. The van der Waals surface area contributed by atoms with Gasteiger partial charge in [0.25, 0.3) is 0 Å². The van der Waals surface area contributed by atoms with E-state index in [2.05, 4.69) is 15.9 Å². The summed E-state index contributed by atoms with van der Waals surface area (Å²) in [6.45, 7) is 0. The van der Waals surface area contributed by atoms with Crippen LogP contribution in [-0.2, 0) is 0 Å². The molecule has 0 saturated heterocycles. The van der Waals surface area contributed by atoms with Gasteiger partial charge in [0.2, 0.25) is 0 Å². The highest BCUT2D eigenvalue weighted by Crippen LogP contribution is 2.32. The van der Waals surface area contributed by atoms with Crippen LogP contribution in [0.25, 0.3) is 0 Å². The summed E-state index contributed by atoms with van der Waals surface area (Å²) in [6.07, 6.45) is 1.71. The summed E-state index contributed by atoms with van der Waals surface area (Å²) < 4.78 is 1.01. The summed E-state index contributed by atoms with van der Waals surface area (Å²) in [4.78, 5) is 12.6. The minimum atomic E-state index is 0.181. The van der Waals surface area contributed by atoms with E-state index < -0.39 is 0 Å². The molecule has 1 heterocycles. The van der Waals surface area contributed by atoms with Crippen molar-refractivity contribution in [2.45, 2.75) is 18.9 Å². The summed E-state index contributed by atoms with van der Waals surface area (Å²) >= 11 is 4.84. The van der Waals surface area contributed by atoms with E-state index in [1.54, 1.807) is 0 Å². The zero-order chi connectivity index (χ0) is 9.42. The Morgan fingerprint density at radius 3 is 2.69 bits per heavy atom. The van der Waals surface area contributed by atoms with Crippen LogP contribution in [0.3, 0.4) is 0 Å². The van der Waals surface area contributed by atoms with E-state index in [0.29, 0.717) is 0 Å². The third-order valence-corrected chi connectivity index (χ3v) is 4.00. The molecule has 1 aliphatic carbocycles. The summed E-state index contributed by atoms with van der Waals surface area (Å²) in [5, 5.41) is 0. The van der Waals surface area contributed by atoms with Crippen LogP contribution in [0.2, 0.25) is 0 Å². The molecule has 1 aromatic rings. The molecule has 0 radical (unpaired) electrons. The van der Waals surface area contributed by atoms with Gasteiger partial charge in [-0.3, -0.25) is 4.79 Å². The van der Waals surface area contributed by atoms with Crippen LogP contribution < -0.4 is 5.73 Å². The lowest BCUT2D eigenvalue weighted by atomic mass is 9.78. The zero-order valence-electron chi connectivity index (χ0n) is 7.00. The minimum absolute atomic E-state index is 0.181. The molecule has 0 unspecified atom stereocenters. The number of hydrogen-bond acceptors (Lipinski definition) is 3. The second-order valence-corrected chi connectivity index (χ2v) is 5.86. The normalized spacial score (nSPS) is 26.9. The molecule has 0 aliphatic heterocycles. The van der Waals surface area contributed by atoms with Crippen molar-refractivity contribution in [1.82, 2.24) is 0 Å². The van der Waals surface area contributed by atoms with Crippen molar-refractivity contribution in [2.24, 2.45) is 11.7 Å². The van der Waals surface area contributed by atoms with Crippen LogP contribution >= 0.6 is 27.3 Å². The van der Waals surface area contributed by atoms with Crippen LogP contribution in [0.15, 0.2) is 15.9 Å². The third-order valence-electron chi connectivity index (χ3n) is 2.36. The standard InChI is InChI=1S/C9H10BrNOS/c10-8-2-1-7(13-8)9(12)5-3-6(11)4-5/h1-2,5-6H,3-4,11H2. The summed E-state index contributed by atoms with van der Waals surface area (Å²) in [7, 11) is 0. The first kappa shape index (κ1) is 9.37. The Morgan fingerprint density at radius 2 is 2.23 bits per heavy atom. The van der Waals surface area contributed by atoms with Crippen LogP contribution in [0, 0.1) is 5.92 Å².